The molecule has 1 saturated heterocycles. The van der Waals surface area contributed by atoms with Gasteiger partial charge in [-0.3, -0.25) is 9.59 Å². The van der Waals surface area contributed by atoms with E-state index in [0.717, 1.165) is 0 Å². The molecule has 0 saturated carbocycles. The molecule has 1 aliphatic heterocycles. The maximum absolute atomic E-state index is 12.2. The van der Waals surface area contributed by atoms with E-state index >= 15 is 0 Å². The van der Waals surface area contributed by atoms with Gasteiger partial charge in [-0.25, -0.2) is 4.79 Å². The first-order valence-corrected chi connectivity index (χ1v) is 9.94. The number of carbonyl (C=O) groups is 3. The second kappa shape index (κ2) is 11.4. The Morgan fingerprint density at radius 3 is 2.43 bits per heavy atom. The van der Waals surface area contributed by atoms with Crippen molar-refractivity contribution in [3.63, 3.8) is 0 Å². The van der Waals surface area contributed by atoms with Crippen LogP contribution in [0, 0.1) is 5.92 Å². The molecule has 30 heavy (non-hydrogen) atoms. The summed E-state index contributed by atoms with van der Waals surface area (Å²) in [5.41, 5.74) is 0.211. The summed E-state index contributed by atoms with van der Waals surface area (Å²) in [5, 5.41) is 2.77. The van der Waals surface area contributed by atoms with E-state index < -0.39 is 5.97 Å². The topological polar surface area (TPSA) is 103 Å². The molecule has 1 aromatic rings. The van der Waals surface area contributed by atoms with Crippen LogP contribution in [-0.4, -0.2) is 75.4 Å². The van der Waals surface area contributed by atoms with Crippen LogP contribution >= 0.6 is 0 Å². The molecule has 166 valence electrons. The molecule has 1 heterocycles. The predicted molar refractivity (Wildman–Crippen MR) is 109 cm³/mol. The molecule has 0 aromatic heterocycles. The van der Waals surface area contributed by atoms with Gasteiger partial charge in [-0.15, -0.1) is 0 Å². The zero-order chi connectivity index (χ0) is 22.1. The summed E-state index contributed by atoms with van der Waals surface area (Å²) in [6.45, 7) is 7.45. The third-order valence-electron chi connectivity index (χ3n) is 4.84. The molecule has 2 rings (SSSR count). The maximum Gasteiger partial charge on any atom is 0.338 e. The minimum Gasteiger partial charge on any atom is -0.493 e. The first-order chi connectivity index (χ1) is 14.3. The predicted octanol–water partition coefficient (Wildman–Crippen LogP) is 1.25. The first-order valence-electron chi connectivity index (χ1n) is 9.94. The highest BCUT2D eigenvalue weighted by molar-refractivity contribution is 5.92. The van der Waals surface area contributed by atoms with E-state index in [9.17, 15) is 14.4 Å². The molecule has 1 aliphatic rings. The van der Waals surface area contributed by atoms with Crippen LogP contribution in [0.15, 0.2) is 18.2 Å². The lowest BCUT2D eigenvalue weighted by atomic mass is 10.1. The average Bonchev–Trinajstić information content (AvgIpc) is 2.76. The van der Waals surface area contributed by atoms with Crippen LogP contribution in [0.5, 0.6) is 11.5 Å². The smallest absolute Gasteiger partial charge is 0.338 e. The maximum atomic E-state index is 12.2. The minimum absolute atomic E-state index is 0.0205. The number of carbonyl (C=O) groups excluding carboxylic acids is 3. The second-order valence-corrected chi connectivity index (χ2v) is 7.32. The summed E-state index contributed by atoms with van der Waals surface area (Å²) < 4.78 is 21.1. The number of morpholine rings is 1. The molecule has 9 nitrogen and oxygen atoms in total. The van der Waals surface area contributed by atoms with E-state index in [0.29, 0.717) is 32.1 Å². The first kappa shape index (κ1) is 23.5. The van der Waals surface area contributed by atoms with Crippen molar-refractivity contribution in [2.75, 3.05) is 46.6 Å². The fraction of sp³-hybridized carbons (Fsp3) is 0.571. The van der Waals surface area contributed by atoms with E-state index in [1.54, 1.807) is 4.90 Å². The Morgan fingerprint density at radius 2 is 1.80 bits per heavy atom. The quantitative estimate of drug-likeness (QED) is 0.598. The van der Waals surface area contributed by atoms with E-state index in [-0.39, 0.29) is 48.3 Å². The fourth-order valence-electron chi connectivity index (χ4n) is 2.63. The van der Waals surface area contributed by atoms with Crippen LogP contribution in [0.25, 0.3) is 0 Å². The van der Waals surface area contributed by atoms with Crippen molar-refractivity contribution >= 4 is 17.8 Å². The van der Waals surface area contributed by atoms with Gasteiger partial charge < -0.3 is 29.2 Å². The third-order valence-corrected chi connectivity index (χ3v) is 4.84. The van der Waals surface area contributed by atoms with Gasteiger partial charge in [0.1, 0.15) is 0 Å². The van der Waals surface area contributed by atoms with Gasteiger partial charge in [0.15, 0.2) is 24.7 Å². The van der Waals surface area contributed by atoms with Crippen molar-refractivity contribution in [2.24, 2.45) is 5.92 Å². The van der Waals surface area contributed by atoms with E-state index in [1.807, 2.05) is 20.8 Å². The van der Waals surface area contributed by atoms with Crippen LogP contribution in [0.4, 0.5) is 0 Å². The largest absolute Gasteiger partial charge is 0.493 e. The molecule has 1 unspecified atom stereocenters. The van der Waals surface area contributed by atoms with Crippen molar-refractivity contribution < 1.29 is 33.3 Å². The van der Waals surface area contributed by atoms with Gasteiger partial charge in [0.25, 0.3) is 11.8 Å². The molecule has 0 spiro atoms. The van der Waals surface area contributed by atoms with Gasteiger partial charge in [-0.05, 0) is 31.0 Å². The standard InChI is InChI=1S/C21H30N2O7/c1-14(2)15(3)22-19(24)12-30-21(26)16-5-6-17(18(11-16)27-4)29-13-20(25)23-7-9-28-10-8-23/h5-6,11,14-15H,7-10,12-13H2,1-4H3,(H,22,24). The summed E-state index contributed by atoms with van der Waals surface area (Å²) >= 11 is 0. The van der Waals surface area contributed by atoms with Crippen LogP contribution in [0.3, 0.4) is 0 Å². The van der Waals surface area contributed by atoms with Crippen LogP contribution in [0.2, 0.25) is 0 Å². The summed E-state index contributed by atoms with van der Waals surface area (Å²) in [6, 6.07) is 4.45. The van der Waals surface area contributed by atoms with Crippen molar-refractivity contribution in [1.29, 1.82) is 0 Å². The highest BCUT2D eigenvalue weighted by atomic mass is 16.5. The number of ether oxygens (including phenoxy) is 4. The number of rotatable bonds is 9. The van der Waals surface area contributed by atoms with Crippen molar-refractivity contribution in [3.8, 4) is 11.5 Å². The van der Waals surface area contributed by atoms with E-state index in [1.165, 1.54) is 25.3 Å². The Kier molecular flexibility index (Phi) is 8.91. The Balaban J connectivity index is 1.90. The van der Waals surface area contributed by atoms with Crippen molar-refractivity contribution in [3.05, 3.63) is 23.8 Å². The van der Waals surface area contributed by atoms with Crippen LogP contribution in [0.1, 0.15) is 31.1 Å². The highest BCUT2D eigenvalue weighted by Crippen LogP contribution is 2.28. The summed E-state index contributed by atoms with van der Waals surface area (Å²) in [6.07, 6.45) is 0. The SMILES string of the molecule is COc1cc(C(=O)OCC(=O)NC(C)C(C)C)ccc1OCC(=O)N1CCOCC1. The minimum atomic E-state index is -0.656. The second-order valence-electron chi connectivity index (χ2n) is 7.32. The molecule has 1 atom stereocenters. The summed E-state index contributed by atoms with van der Waals surface area (Å²) in [7, 11) is 1.43. The Labute approximate surface area is 176 Å². The molecule has 1 fully saturated rings. The van der Waals surface area contributed by atoms with Gasteiger partial charge >= 0.3 is 5.97 Å². The molecule has 0 radical (unpaired) electrons. The molecular formula is C21H30N2O7. The van der Waals surface area contributed by atoms with Gasteiger partial charge in [0.2, 0.25) is 0 Å². The Bertz CT molecular complexity index is 745. The van der Waals surface area contributed by atoms with Gasteiger partial charge in [-0.1, -0.05) is 13.8 Å². The number of amides is 2. The monoisotopic (exact) mass is 422 g/mol. The lowest BCUT2D eigenvalue weighted by Crippen LogP contribution is -2.43. The fourth-order valence-corrected chi connectivity index (χ4v) is 2.63. The third kappa shape index (κ3) is 6.91. The van der Waals surface area contributed by atoms with Crippen LogP contribution in [-0.2, 0) is 19.1 Å². The number of nitrogens with one attached hydrogen (secondary N) is 1. The Hall–Kier alpha value is -2.81. The van der Waals surface area contributed by atoms with Crippen molar-refractivity contribution in [1.82, 2.24) is 10.2 Å². The molecule has 0 bridgehead atoms. The zero-order valence-electron chi connectivity index (χ0n) is 17.9. The Morgan fingerprint density at radius 1 is 1.10 bits per heavy atom. The number of hydrogen-bond donors (Lipinski definition) is 1. The van der Waals surface area contributed by atoms with Gasteiger partial charge in [-0.2, -0.15) is 0 Å². The van der Waals surface area contributed by atoms with E-state index in [2.05, 4.69) is 5.32 Å². The number of benzene rings is 1. The average molecular weight is 422 g/mol. The highest BCUT2D eigenvalue weighted by Gasteiger charge is 2.19. The molecule has 1 N–H and O–H groups in total. The summed E-state index contributed by atoms with van der Waals surface area (Å²) in [4.78, 5) is 38.0. The molecule has 0 aliphatic carbocycles. The zero-order valence-corrected chi connectivity index (χ0v) is 17.9. The number of esters is 1. The number of methoxy groups -OCH3 is 1. The summed E-state index contributed by atoms with van der Waals surface area (Å²) in [5.74, 6) is -0.270. The molecular weight excluding hydrogens is 392 g/mol. The normalized spacial score (nSPS) is 14.8. The lowest BCUT2D eigenvalue weighted by molar-refractivity contribution is -0.137. The van der Waals surface area contributed by atoms with Crippen LogP contribution < -0.4 is 14.8 Å². The van der Waals surface area contributed by atoms with Crippen molar-refractivity contribution in [2.45, 2.75) is 26.8 Å². The lowest BCUT2D eigenvalue weighted by Gasteiger charge is -2.26. The van der Waals surface area contributed by atoms with E-state index in [4.69, 9.17) is 18.9 Å². The molecule has 1 aromatic carbocycles. The molecule has 9 heteroatoms. The molecule has 2 amide bonds. The number of nitrogens with zero attached hydrogens (tertiary/aromatic N) is 1. The van der Waals surface area contributed by atoms with Gasteiger partial charge in [0.05, 0.1) is 25.9 Å². The van der Waals surface area contributed by atoms with Gasteiger partial charge in [0, 0.05) is 19.1 Å². The number of hydrogen-bond acceptors (Lipinski definition) is 7.